The van der Waals surface area contributed by atoms with E-state index in [1.807, 2.05) is 18.7 Å². The Morgan fingerprint density at radius 2 is 2.18 bits per heavy atom. The van der Waals surface area contributed by atoms with Crippen LogP contribution in [0.5, 0.6) is 5.75 Å². The SMILES string of the molecule is CC(C)Oc1cccnc1C(=O)N1CC(CN)CC1C.Cl.Cl. The van der Waals surface area contributed by atoms with E-state index in [0.717, 1.165) is 6.42 Å². The molecule has 2 atom stereocenters. The highest BCUT2D eigenvalue weighted by Crippen LogP contribution is 2.26. The number of nitrogens with zero attached hydrogens (tertiary/aromatic N) is 2. The third-order valence-corrected chi connectivity index (χ3v) is 3.59. The fourth-order valence-corrected chi connectivity index (χ4v) is 2.63. The van der Waals surface area contributed by atoms with Crippen molar-refractivity contribution >= 4 is 30.7 Å². The minimum Gasteiger partial charge on any atom is -0.489 e. The Balaban J connectivity index is 0.00000220. The quantitative estimate of drug-likeness (QED) is 0.906. The van der Waals surface area contributed by atoms with E-state index < -0.39 is 0 Å². The van der Waals surface area contributed by atoms with Crippen molar-refractivity contribution in [2.45, 2.75) is 39.3 Å². The molecule has 0 saturated carbocycles. The van der Waals surface area contributed by atoms with Crippen LogP contribution in [0.15, 0.2) is 18.3 Å². The predicted octanol–water partition coefficient (Wildman–Crippen LogP) is 2.52. The van der Waals surface area contributed by atoms with Crippen LogP contribution in [-0.4, -0.2) is 41.0 Å². The first-order valence-corrected chi connectivity index (χ1v) is 7.15. The molecule has 1 aliphatic heterocycles. The lowest BCUT2D eigenvalue weighted by atomic mass is 10.1. The number of hydrogen-bond acceptors (Lipinski definition) is 4. The molecule has 0 aromatic carbocycles. The summed E-state index contributed by atoms with van der Waals surface area (Å²) < 4.78 is 5.68. The highest BCUT2D eigenvalue weighted by molar-refractivity contribution is 5.95. The van der Waals surface area contributed by atoms with Gasteiger partial charge in [0.15, 0.2) is 11.4 Å². The Morgan fingerprint density at radius 1 is 1.50 bits per heavy atom. The first-order chi connectivity index (χ1) is 9.52. The lowest BCUT2D eigenvalue weighted by Crippen LogP contribution is -2.35. The fourth-order valence-electron chi connectivity index (χ4n) is 2.63. The van der Waals surface area contributed by atoms with E-state index in [2.05, 4.69) is 11.9 Å². The van der Waals surface area contributed by atoms with E-state index in [9.17, 15) is 4.79 Å². The molecule has 1 amide bonds. The molecule has 7 heteroatoms. The summed E-state index contributed by atoms with van der Waals surface area (Å²) in [5.74, 6) is 0.868. The number of carbonyl (C=O) groups is 1. The van der Waals surface area contributed by atoms with Crippen LogP contribution in [0.1, 0.15) is 37.7 Å². The average molecular weight is 350 g/mol. The Hall–Kier alpha value is -1.04. The number of halogens is 2. The third-order valence-electron chi connectivity index (χ3n) is 3.59. The highest BCUT2D eigenvalue weighted by atomic mass is 35.5. The number of ether oxygens (including phenoxy) is 1. The molecule has 2 heterocycles. The van der Waals surface area contributed by atoms with Crippen molar-refractivity contribution in [3.8, 4) is 5.75 Å². The summed E-state index contributed by atoms with van der Waals surface area (Å²) in [5, 5.41) is 0. The van der Waals surface area contributed by atoms with E-state index in [0.29, 0.717) is 30.5 Å². The van der Waals surface area contributed by atoms with Gasteiger partial charge < -0.3 is 15.4 Å². The smallest absolute Gasteiger partial charge is 0.276 e. The molecule has 2 unspecified atom stereocenters. The van der Waals surface area contributed by atoms with Crippen molar-refractivity contribution in [1.82, 2.24) is 9.88 Å². The van der Waals surface area contributed by atoms with E-state index in [-0.39, 0.29) is 42.9 Å². The van der Waals surface area contributed by atoms with Gasteiger partial charge in [-0.1, -0.05) is 0 Å². The van der Waals surface area contributed by atoms with Gasteiger partial charge in [0.2, 0.25) is 0 Å². The molecule has 0 bridgehead atoms. The molecule has 0 aliphatic carbocycles. The van der Waals surface area contributed by atoms with E-state index in [1.54, 1.807) is 18.3 Å². The monoisotopic (exact) mass is 349 g/mol. The van der Waals surface area contributed by atoms with Crippen LogP contribution in [0.4, 0.5) is 0 Å². The molecule has 2 N–H and O–H groups in total. The van der Waals surface area contributed by atoms with Crippen LogP contribution in [0.3, 0.4) is 0 Å². The van der Waals surface area contributed by atoms with Gasteiger partial charge >= 0.3 is 0 Å². The first-order valence-electron chi connectivity index (χ1n) is 7.15. The maximum absolute atomic E-state index is 12.7. The summed E-state index contributed by atoms with van der Waals surface area (Å²) in [6, 6.07) is 3.77. The highest BCUT2D eigenvalue weighted by Gasteiger charge is 2.33. The van der Waals surface area contributed by atoms with Crippen LogP contribution in [0.2, 0.25) is 0 Å². The minimum absolute atomic E-state index is 0. The number of likely N-dealkylation sites (tertiary alicyclic amines) is 1. The van der Waals surface area contributed by atoms with Gasteiger partial charge in [0.05, 0.1) is 6.10 Å². The van der Waals surface area contributed by atoms with Crippen LogP contribution < -0.4 is 10.5 Å². The average Bonchev–Trinajstić information content (AvgIpc) is 2.79. The normalized spacial score (nSPS) is 20.3. The molecule has 0 radical (unpaired) electrons. The summed E-state index contributed by atoms with van der Waals surface area (Å²) in [6.07, 6.45) is 2.59. The van der Waals surface area contributed by atoms with Crippen LogP contribution in [0, 0.1) is 5.92 Å². The van der Waals surface area contributed by atoms with Gasteiger partial charge in [0.1, 0.15) is 0 Å². The molecule has 126 valence electrons. The molecule has 1 fully saturated rings. The standard InChI is InChI=1S/C15H23N3O2.2ClH/c1-10(2)20-13-5-4-6-17-14(13)15(19)18-9-12(8-16)7-11(18)3;;/h4-6,10-12H,7-9,16H2,1-3H3;2*1H. The van der Waals surface area contributed by atoms with Crippen molar-refractivity contribution in [1.29, 1.82) is 0 Å². The minimum atomic E-state index is -0.0651. The molecular weight excluding hydrogens is 325 g/mol. The second-order valence-electron chi connectivity index (χ2n) is 5.66. The zero-order chi connectivity index (χ0) is 14.7. The van der Waals surface area contributed by atoms with Crippen molar-refractivity contribution in [3.63, 3.8) is 0 Å². The number of hydrogen-bond donors (Lipinski definition) is 1. The van der Waals surface area contributed by atoms with Gasteiger partial charge in [-0.15, -0.1) is 24.8 Å². The molecule has 2 rings (SSSR count). The van der Waals surface area contributed by atoms with Gasteiger partial charge in [0, 0.05) is 18.8 Å². The summed E-state index contributed by atoms with van der Waals surface area (Å²) in [5.41, 5.74) is 6.11. The number of amides is 1. The maximum atomic E-state index is 12.7. The summed E-state index contributed by atoms with van der Waals surface area (Å²) in [4.78, 5) is 18.7. The molecule has 1 aromatic rings. The van der Waals surface area contributed by atoms with Crippen LogP contribution >= 0.6 is 24.8 Å². The Bertz CT molecular complexity index is 486. The summed E-state index contributed by atoms with van der Waals surface area (Å²) >= 11 is 0. The largest absolute Gasteiger partial charge is 0.489 e. The molecule has 1 aliphatic rings. The van der Waals surface area contributed by atoms with Crippen LogP contribution in [-0.2, 0) is 0 Å². The summed E-state index contributed by atoms with van der Waals surface area (Å²) in [7, 11) is 0. The number of nitrogens with two attached hydrogens (primary N) is 1. The molecule has 5 nitrogen and oxygen atoms in total. The topological polar surface area (TPSA) is 68.5 Å². The lowest BCUT2D eigenvalue weighted by Gasteiger charge is -2.22. The number of carbonyl (C=O) groups excluding carboxylic acids is 1. The molecule has 1 aromatic heterocycles. The van der Waals surface area contributed by atoms with E-state index in [4.69, 9.17) is 10.5 Å². The van der Waals surface area contributed by atoms with Crippen molar-refractivity contribution < 1.29 is 9.53 Å². The zero-order valence-electron chi connectivity index (χ0n) is 13.2. The Labute approximate surface area is 144 Å². The third kappa shape index (κ3) is 4.73. The maximum Gasteiger partial charge on any atom is 0.276 e. The Kier molecular flexibility index (Phi) is 8.74. The molecule has 0 spiro atoms. The molecule has 1 saturated heterocycles. The van der Waals surface area contributed by atoms with E-state index in [1.165, 1.54) is 0 Å². The van der Waals surface area contributed by atoms with Crippen molar-refractivity contribution in [2.75, 3.05) is 13.1 Å². The fraction of sp³-hybridized carbons (Fsp3) is 0.600. The molecule has 22 heavy (non-hydrogen) atoms. The number of rotatable bonds is 4. The predicted molar refractivity (Wildman–Crippen MR) is 92.2 cm³/mol. The summed E-state index contributed by atoms with van der Waals surface area (Å²) in [6.45, 7) is 7.24. The number of pyridine rings is 1. The van der Waals surface area contributed by atoms with Gasteiger partial charge in [0.25, 0.3) is 5.91 Å². The molecular formula is C15H25Cl2N3O2. The number of aromatic nitrogens is 1. The van der Waals surface area contributed by atoms with Gasteiger partial charge in [-0.2, -0.15) is 0 Å². The zero-order valence-corrected chi connectivity index (χ0v) is 14.8. The van der Waals surface area contributed by atoms with Crippen molar-refractivity contribution in [3.05, 3.63) is 24.0 Å². The second-order valence-corrected chi connectivity index (χ2v) is 5.66. The van der Waals surface area contributed by atoms with Crippen LogP contribution in [0.25, 0.3) is 0 Å². The van der Waals surface area contributed by atoms with Crippen molar-refractivity contribution in [2.24, 2.45) is 11.7 Å². The van der Waals surface area contributed by atoms with Gasteiger partial charge in [-0.05, 0) is 51.8 Å². The Morgan fingerprint density at radius 3 is 2.73 bits per heavy atom. The van der Waals surface area contributed by atoms with Gasteiger partial charge in [-0.25, -0.2) is 4.98 Å². The lowest BCUT2D eigenvalue weighted by molar-refractivity contribution is 0.0730. The van der Waals surface area contributed by atoms with Gasteiger partial charge in [-0.3, -0.25) is 4.79 Å². The first kappa shape index (κ1) is 21.0. The second kappa shape index (κ2) is 9.18. The van der Waals surface area contributed by atoms with E-state index >= 15 is 0 Å².